The molecule has 0 amide bonds. The van der Waals surface area contributed by atoms with Crippen molar-refractivity contribution in [1.82, 2.24) is 18.7 Å². The predicted octanol–water partition coefficient (Wildman–Crippen LogP) is 1.24. The molecule has 1 unspecified atom stereocenters. The first-order valence-electron chi connectivity index (χ1n) is 8.35. The molecule has 0 radical (unpaired) electrons. The molecule has 2 aromatic heterocycles. The minimum atomic E-state index is -0.692. The zero-order valence-electron chi connectivity index (χ0n) is 13.3. The van der Waals surface area contributed by atoms with Crippen molar-refractivity contribution in [2.24, 2.45) is 17.8 Å². The number of carbonyl (C=O) groups is 1. The van der Waals surface area contributed by atoms with Gasteiger partial charge in [-0.1, -0.05) is 0 Å². The molecule has 3 aliphatic rings. The highest BCUT2D eigenvalue weighted by atomic mass is 32.1. The average molecular weight is 346 g/mol. The molecular weight excluding hydrogens is 328 g/mol. The molecule has 2 saturated heterocycles. The van der Waals surface area contributed by atoms with E-state index in [-0.39, 0.29) is 6.42 Å². The molecule has 9 heteroatoms. The lowest BCUT2D eigenvalue weighted by atomic mass is 10.1. The topological polar surface area (TPSA) is 95.3 Å². The fraction of sp³-hybridized carbons (Fsp3) is 0.667. The second kappa shape index (κ2) is 4.98. The van der Waals surface area contributed by atoms with Crippen LogP contribution in [0.5, 0.6) is 0 Å². The molecule has 0 bridgehead atoms. The Balaban J connectivity index is 1.43. The number of hydrogen-bond acceptors (Lipinski definition) is 8. The normalized spacial score (nSPS) is 31.2. The van der Waals surface area contributed by atoms with Crippen LogP contribution in [0, 0.1) is 17.8 Å². The Morgan fingerprint density at radius 1 is 1.29 bits per heavy atom. The Kier molecular flexibility index (Phi) is 2.97. The molecule has 0 spiro atoms. The van der Waals surface area contributed by atoms with Crippen LogP contribution < -0.4 is 9.80 Å². The van der Waals surface area contributed by atoms with Gasteiger partial charge in [0, 0.05) is 32.1 Å². The van der Waals surface area contributed by atoms with Gasteiger partial charge in [-0.05, 0) is 31.1 Å². The van der Waals surface area contributed by atoms with Crippen LogP contribution in [-0.4, -0.2) is 55.5 Å². The number of aromatic nitrogens is 4. The van der Waals surface area contributed by atoms with Gasteiger partial charge in [-0.2, -0.15) is 18.7 Å². The summed E-state index contributed by atoms with van der Waals surface area (Å²) in [5.74, 6) is 2.20. The number of aliphatic carboxylic acids is 1. The van der Waals surface area contributed by atoms with Gasteiger partial charge in [0.2, 0.25) is 11.6 Å². The summed E-state index contributed by atoms with van der Waals surface area (Å²) in [6.45, 7) is 4.88. The molecule has 4 heterocycles. The Morgan fingerprint density at radius 2 is 2.08 bits per heavy atom. The van der Waals surface area contributed by atoms with Crippen molar-refractivity contribution in [3.8, 4) is 0 Å². The van der Waals surface area contributed by atoms with Gasteiger partial charge in [0.1, 0.15) is 0 Å². The van der Waals surface area contributed by atoms with Crippen LogP contribution in [0.1, 0.15) is 19.8 Å². The van der Waals surface area contributed by atoms with Gasteiger partial charge in [0.15, 0.2) is 11.3 Å². The van der Waals surface area contributed by atoms with E-state index < -0.39 is 5.97 Å². The summed E-state index contributed by atoms with van der Waals surface area (Å²) < 4.78 is 8.70. The lowest BCUT2D eigenvalue weighted by Gasteiger charge is -2.38. The Morgan fingerprint density at radius 3 is 2.71 bits per heavy atom. The van der Waals surface area contributed by atoms with Crippen LogP contribution in [-0.2, 0) is 4.79 Å². The molecule has 1 aliphatic carbocycles. The highest BCUT2D eigenvalue weighted by molar-refractivity contribution is 7.00. The maximum absolute atomic E-state index is 10.9. The maximum atomic E-state index is 10.9. The highest BCUT2D eigenvalue weighted by Crippen LogP contribution is 2.54. The number of hydrogen-bond donors (Lipinski definition) is 1. The van der Waals surface area contributed by atoms with Crippen molar-refractivity contribution < 1.29 is 9.90 Å². The fourth-order valence-electron chi connectivity index (χ4n) is 4.15. The molecule has 1 saturated carbocycles. The summed E-state index contributed by atoms with van der Waals surface area (Å²) in [5.41, 5.74) is 1.44. The van der Waals surface area contributed by atoms with E-state index in [9.17, 15) is 4.79 Å². The number of carboxylic acid groups (broad SMARTS) is 1. The number of nitrogens with zero attached hydrogens (tertiary/aromatic N) is 6. The standard InChI is InChI=1S/C15H18N6O2S/c1-7-2-3-21(7)15-16-13-12(18-24-19-13)14(17-15)20-5-9-8(4-11(22)23)10(9)6-20/h7-10H,2-6H2,1H3,(H,22,23)/t7-,8?,9-,10+/m0/s1. The molecule has 8 nitrogen and oxygen atoms in total. The van der Waals surface area contributed by atoms with Crippen LogP contribution in [0.3, 0.4) is 0 Å². The van der Waals surface area contributed by atoms with E-state index in [2.05, 4.69) is 30.5 Å². The lowest BCUT2D eigenvalue weighted by molar-refractivity contribution is -0.137. The summed E-state index contributed by atoms with van der Waals surface area (Å²) >= 11 is 1.17. The molecule has 4 atom stereocenters. The van der Waals surface area contributed by atoms with Crippen LogP contribution in [0.2, 0.25) is 0 Å². The van der Waals surface area contributed by atoms with Crippen molar-refractivity contribution in [2.45, 2.75) is 25.8 Å². The second-order valence-electron chi connectivity index (χ2n) is 7.11. The van der Waals surface area contributed by atoms with E-state index >= 15 is 0 Å². The number of fused-ring (bicyclic) bond motifs is 2. The van der Waals surface area contributed by atoms with Crippen LogP contribution in [0.4, 0.5) is 11.8 Å². The van der Waals surface area contributed by atoms with Gasteiger partial charge in [0.25, 0.3) is 0 Å². The van der Waals surface area contributed by atoms with Crippen molar-refractivity contribution >= 4 is 40.6 Å². The maximum Gasteiger partial charge on any atom is 0.303 e. The first-order valence-corrected chi connectivity index (χ1v) is 9.08. The van der Waals surface area contributed by atoms with E-state index in [0.29, 0.717) is 29.4 Å². The van der Waals surface area contributed by atoms with E-state index in [1.807, 2.05) is 0 Å². The molecule has 3 fully saturated rings. The van der Waals surface area contributed by atoms with Gasteiger partial charge in [-0.25, -0.2) is 0 Å². The summed E-state index contributed by atoms with van der Waals surface area (Å²) in [6.07, 6.45) is 1.45. The van der Waals surface area contributed by atoms with Gasteiger partial charge < -0.3 is 14.9 Å². The van der Waals surface area contributed by atoms with Crippen molar-refractivity contribution in [3.05, 3.63) is 0 Å². The molecule has 0 aromatic carbocycles. The molecule has 1 N–H and O–H groups in total. The molecule has 2 aromatic rings. The Bertz CT molecular complexity index is 813. The van der Waals surface area contributed by atoms with E-state index in [0.717, 1.165) is 43.3 Å². The molecular formula is C15H18N6O2S. The first-order chi connectivity index (χ1) is 11.6. The van der Waals surface area contributed by atoms with Crippen LogP contribution in [0.15, 0.2) is 0 Å². The number of rotatable bonds is 4. The minimum absolute atomic E-state index is 0.289. The molecule has 126 valence electrons. The number of piperidine rings is 1. The zero-order chi connectivity index (χ0) is 16.4. The largest absolute Gasteiger partial charge is 0.481 e. The molecule has 24 heavy (non-hydrogen) atoms. The van der Waals surface area contributed by atoms with Crippen molar-refractivity contribution in [2.75, 3.05) is 29.4 Å². The van der Waals surface area contributed by atoms with E-state index in [1.165, 1.54) is 11.7 Å². The number of carboxylic acids is 1. The van der Waals surface area contributed by atoms with Gasteiger partial charge in [-0.3, -0.25) is 4.79 Å². The lowest BCUT2D eigenvalue weighted by Crippen LogP contribution is -2.46. The van der Waals surface area contributed by atoms with E-state index in [1.54, 1.807) is 0 Å². The predicted molar refractivity (Wildman–Crippen MR) is 89.4 cm³/mol. The first kappa shape index (κ1) is 14.3. The van der Waals surface area contributed by atoms with Gasteiger partial charge >= 0.3 is 5.97 Å². The minimum Gasteiger partial charge on any atom is -0.481 e. The smallest absolute Gasteiger partial charge is 0.303 e. The summed E-state index contributed by atoms with van der Waals surface area (Å²) in [7, 11) is 0. The second-order valence-corrected chi connectivity index (χ2v) is 7.64. The third-order valence-electron chi connectivity index (χ3n) is 5.75. The highest BCUT2D eigenvalue weighted by Gasteiger charge is 2.56. The summed E-state index contributed by atoms with van der Waals surface area (Å²) in [5, 5.41) is 8.97. The quantitative estimate of drug-likeness (QED) is 0.883. The van der Waals surface area contributed by atoms with Crippen molar-refractivity contribution in [3.63, 3.8) is 0 Å². The van der Waals surface area contributed by atoms with Gasteiger partial charge in [-0.15, -0.1) is 0 Å². The summed E-state index contributed by atoms with van der Waals surface area (Å²) in [4.78, 5) is 24.7. The monoisotopic (exact) mass is 346 g/mol. The Hall–Kier alpha value is -2.03. The molecule has 5 rings (SSSR count). The average Bonchev–Trinajstić information content (AvgIpc) is 2.97. The molecule has 2 aliphatic heterocycles. The SMILES string of the molecule is C[C@H]1CCN1c1nc(N2C[C@@H]3C(CC(=O)O)[C@@H]3C2)c2nsnc2n1. The van der Waals surface area contributed by atoms with Gasteiger partial charge in [0.05, 0.1) is 11.7 Å². The van der Waals surface area contributed by atoms with Crippen LogP contribution >= 0.6 is 11.7 Å². The third-order valence-corrected chi connectivity index (χ3v) is 6.27. The summed E-state index contributed by atoms with van der Waals surface area (Å²) in [6, 6.07) is 0.467. The Labute approximate surface area is 142 Å². The third kappa shape index (κ3) is 2.07. The number of anilines is 2. The zero-order valence-corrected chi connectivity index (χ0v) is 14.1. The van der Waals surface area contributed by atoms with Crippen LogP contribution in [0.25, 0.3) is 11.2 Å². The van der Waals surface area contributed by atoms with E-state index in [4.69, 9.17) is 10.1 Å². The van der Waals surface area contributed by atoms with Crippen molar-refractivity contribution in [1.29, 1.82) is 0 Å². The fourth-order valence-corrected chi connectivity index (χ4v) is 4.65.